The van der Waals surface area contributed by atoms with Gasteiger partial charge in [0.15, 0.2) is 0 Å². The molecule has 0 rings (SSSR count). The Morgan fingerprint density at radius 2 is 1.69 bits per heavy atom. The lowest BCUT2D eigenvalue weighted by atomic mass is 10.0. The molecule has 2 nitrogen and oxygen atoms in total. The second kappa shape index (κ2) is 7.07. The average molecular weight is 185 g/mol. The first-order valence-electron chi connectivity index (χ1n) is 5.41. The Balaban J connectivity index is 3.68. The molecule has 0 amide bonds. The Bertz CT molecular complexity index is 141. The Morgan fingerprint density at radius 3 is 2.08 bits per heavy atom. The summed E-state index contributed by atoms with van der Waals surface area (Å²) in [6.45, 7) is 8.89. The maximum absolute atomic E-state index is 11.4. The van der Waals surface area contributed by atoms with Crippen molar-refractivity contribution in [3.8, 4) is 0 Å². The lowest BCUT2D eigenvalue weighted by Crippen LogP contribution is -2.34. The summed E-state index contributed by atoms with van der Waals surface area (Å²) in [6.07, 6.45) is 3.15. The van der Waals surface area contributed by atoms with E-state index in [1.54, 1.807) is 0 Å². The SMILES string of the molecule is CCC(CC)NCC(=O)C(C)CC. The third-order valence-corrected chi connectivity index (χ3v) is 2.71. The van der Waals surface area contributed by atoms with Gasteiger partial charge in [0.05, 0.1) is 6.54 Å². The summed E-state index contributed by atoms with van der Waals surface area (Å²) in [5.41, 5.74) is 0. The largest absolute Gasteiger partial charge is 0.307 e. The van der Waals surface area contributed by atoms with Gasteiger partial charge in [-0.25, -0.2) is 0 Å². The van der Waals surface area contributed by atoms with Gasteiger partial charge in [0.25, 0.3) is 0 Å². The molecule has 0 aliphatic rings. The van der Waals surface area contributed by atoms with E-state index >= 15 is 0 Å². The van der Waals surface area contributed by atoms with E-state index in [9.17, 15) is 4.79 Å². The van der Waals surface area contributed by atoms with Crippen LogP contribution in [0.25, 0.3) is 0 Å². The summed E-state index contributed by atoms with van der Waals surface area (Å²) in [5.74, 6) is 0.552. The van der Waals surface area contributed by atoms with Crippen LogP contribution in [0.15, 0.2) is 0 Å². The van der Waals surface area contributed by atoms with Crippen LogP contribution in [0, 0.1) is 5.92 Å². The van der Waals surface area contributed by atoms with Crippen molar-refractivity contribution in [2.75, 3.05) is 6.54 Å². The van der Waals surface area contributed by atoms with Gasteiger partial charge in [-0.05, 0) is 19.3 Å². The number of carbonyl (C=O) groups is 1. The van der Waals surface area contributed by atoms with Crippen LogP contribution in [0.5, 0.6) is 0 Å². The molecule has 13 heavy (non-hydrogen) atoms. The van der Waals surface area contributed by atoms with Gasteiger partial charge in [-0.15, -0.1) is 0 Å². The van der Waals surface area contributed by atoms with E-state index in [-0.39, 0.29) is 5.92 Å². The summed E-state index contributed by atoms with van der Waals surface area (Å²) in [4.78, 5) is 11.4. The molecule has 0 saturated carbocycles. The molecule has 1 N–H and O–H groups in total. The Hall–Kier alpha value is -0.370. The van der Waals surface area contributed by atoms with Crippen molar-refractivity contribution in [3.05, 3.63) is 0 Å². The number of carbonyl (C=O) groups excluding carboxylic acids is 1. The second-order valence-electron chi connectivity index (χ2n) is 3.67. The van der Waals surface area contributed by atoms with Gasteiger partial charge >= 0.3 is 0 Å². The standard InChI is InChI=1S/C11H23NO/c1-5-9(4)11(13)8-12-10(6-2)7-3/h9-10,12H,5-8H2,1-4H3. The molecule has 2 heteroatoms. The number of hydrogen-bond donors (Lipinski definition) is 1. The number of hydrogen-bond acceptors (Lipinski definition) is 2. The molecule has 1 atom stereocenters. The lowest BCUT2D eigenvalue weighted by molar-refractivity contribution is -0.121. The fraction of sp³-hybridized carbons (Fsp3) is 0.909. The van der Waals surface area contributed by atoms with E-state index < -0.39 is 0 Å². The van der Waals surface area contributed by atoms with Crippen LogP contribution in [0.4, 0.5) is 0 Å². The summed E-state index contributed by atoms with van der Waals surface area (Å²) in [7, 11) is 0. The summed E-state index contributed by atoms with van der Waals surface area (Å²) < 4.78 is 0. The van der Waals surface area contributed by atoms with Crippen LogP contribution >= 0.6 is 0 Å². The van der Waals surface area contributed by atoms with Crippen LogP contribution in [0.2, 0.25) is 0 Å². The van der Waals surface area contributed by atoms with Crippen LogP contribution in [-0.4, -0.2) is 18.4 Å². The van der Waals surface area contributed by atoms with Gasteiger partial charge < -0.3 is 5.32 Å². The third-order valence-electron chi connectivity index (χ3n) is 2.71. The summed E-state index contributed by atoms with van der Waals surface area (Å²) >= 11 is 0. The maximum atomic E-state index is 11.4. The molecule has 78 valence electrons. The quantitative estimate of drug-likeness (QED) is 0.660. The predicted octanol–water partition coefficient (Wildman–Crippen LogP) is 2.38. The molecule has 0 aliphatic carbocycles. The van der Waals surface area contributed by atoms with E-state index in [4.69, 9.17) is 0 Å². The minimum absolute atomic E-state index is 0.210. The van der Waals surface area contributed by atoms with Crippen LogP contribution in [0.1, 0.15) is 47.0 Å². The fourth-order valence-electron chi connectivity index (χ4n) is 1.22. The zero-order valence-corrected chi connectivity index (χ0v) is 9.39. The highest BCUT2D eigenvalue weighted by Crippen LogP contribution is 2.02. The highest BCUT2D eigenvalue weighted by molar-refractivity contribution is 5.82. The molecular formula is C11H23NO. The van der Waals surface area contributed by atoms with Crippen molar-refractivity contribution in [2.45, 2.75) is 53.0 Å². The third kappa shape index (κ3) is 5.04. The van der Waals surface area contributed by atoms with Crippen molar-refractivity contribution in [2.24, 2.45) is 5.92 Å². The van der Waals surface area contributed by atoms with Crippen LogP contribution in [0.3, 0.4) is 0 Å². The van der Waals surface area contributed by atoms with E-state index in [1.807, 2.05) is 6.92 Å². The van der Waals surface area contributed by atoms with Crippen molar-refractivity contribution in [3.63, 3.8) is 0 Å². The monoisotopic (exact) mass is 185 g/mol. The molecule has 0 spiro atoms. The number of nitrogens with one attached hydrogen (secondary N) is 1. The Morgan fingerprint density at radius 1 is 1.15 bits per heavy atom. The van der Waals surface area contributed by atoms with E-state index in [0.717, 1.165) is 19.3 Å². The molecule has 1 unspecified atom stereocenters. The minimum atomic E-state index is 0.210. The molecule has 0 aliphatic heterocycles. The molecule has 0 bridgehead atoms. The number of ketones is 1. The Kier molecular flexibility index (Phi) is 6.87. The molecular weight excluding hydrogens is 162 g/mol. The van der Waals surface area contributed by atoms with Gasteiger partial charge in [0.2, 0.25) is 0 Å². The first kappa shape index (κ1) is 12.6. The van der Waals surface area contributed by atoms with Crippen LogP contribution in [-0.2, 0) is 4.79 Å². The molecule has 0 saturated heterocycles. The first-order valence-corrected chi connectivity index (χ1v) is 5.41. The van der Waals surface area contributed by atoms with Crippen molar-refractivity contribution in [1.82, 2.24) is 5.32 Å². The molecule has 0 aromatic rings. The summed E-state index contributed by atoms with van der Waals surface area (Å²) in [6, 6.07) is 0.507. The average Bonchev–Trinajstić information content (AvgIpc) is 2.17. The van der Waals surface area contributed by atoms with Crippen molar-refractivity contribution in [1.29, 1.82) is 0 Å². The Labute approximate surface area is 82.1 Å². The number of Topliss-reactive ketones (excluding diaryl/α,β-unsaturated/α-hetero) is 1. The van der Waals surface area contributed by atoms with Gasteiger partial charge in [0, 0.05) is 12.0 Å². The highest BCUT2D eigenvalue weighted by Gasteiger charge is 2.11. The fourth-order valence-corrected chi connectivity index (χ4v) is 1.22. The van der Waals surface area contributed by atoms with E-state index in [1.165, 1.54) is 0 Å². The summed E-state index contributed by atoms with van der Waals surface area (Å²) in [5, 5.41) is 3.28. The molecule has 0 radical (unpaired) electrons. The van der Waals surface area contributed by atoms with Crippen molar-refractivity contribution < 1.29 is 4.79 Å². The zero-order chi connectivity index (χ0) is 10.3. The smallest absolute Gasteiger partial charge is 0.149 e. The van der Waals surface area contributed by atoms with Gasteiger partial charge in [0.1, 0.15) is 5.78 Å². The molecule has 0 fully saturated rings. The molecule has 0 heterocycles. The number of rotatable bonds is 7. The van der Waals surface area contributed by atoms with Crippen LogP contribution < -0.4 is 5.32 Å². The molecule has 0 aromatic carbocycles. The van der Waals surface area contributed by atoms with E-state index in [2.05, 4.69) is 26.1 Å². The van der Waals surface area contributed by atoms with Crippen molar-refractivity contribution >= 4 is 5.78 Å². The highest BCUT2D eigenvalue weighted by atomic mass is 16.1. The van der Waals surface area contributed by atoms with Gasteiger partial charge in [-0.2, -0.15) is 0 Å². The van der Waals surface area contributed by atoms with Gasteiger partial charge in [-0.1, -0.05) is 27.7 Å². The maximum Gasteiger partial charge on any atom is 0.149 e. The topological polar surface area (TPSA) is 29.1 Å². The first-order chi connectivity index (χ1) is 6.15. The normalized spacial score (nSPS) is 13.3. The van der Waals surface area contributed by atoms with E-state index in [0.29, 0.717) is 18.4 Å². The second-order valence-corrected chi connectivity index (χ2v) is 3.67. The lowest BCUT2D eigenvalue weighted by Gasteiger charge is -2.15. The predicted molar refractivity (Wildman–Crippen MR) is 56.8 cm³/mol. The molecule has 0 aromatic heterocycles. The zero-order valence-electron chi connectivity index (χ0n) is 9.39. The minimum Gasteiger partial charge on any atom is -0.307 e. The van der Waals surface area contributed by atoms with Gasteiger partial charge in [-0.3, -0.25) is 4.79 Å².